The molecule has 0 aromatic rings. The molecule has 4 nitrogen and oxygen atoms in total. The van der Waals surface area contributed by atoms with E-state index in [0.717, 1.165) is 32.4 Å². The van der Waals surface area contributed by atoms with Crippen LogP contribution in [0.15, 0.2) is 12.2 Å². The molecule has 4 heteroatoms. The number of likely N-dealkylation sites (tertiary alicyclic amines) is 1. The second-order valence-corrected chi connectivity index (χ2v) is 6.06. The zero-order valence-electron chi connectivity index (χ0n) is 11.1. The Morgan fingerprint density at radius 1 is 0.947 bits per heavy atom. The molecule has 1 heterocycles. The maximum atomic E-state index is 12.7. The van der Waals surface area contributed by atoms with Crippen LogP contribution in [0.1, 0.15) is 32.1 Å². The molecular weight excluding hydrogens is 242 g/mol. The largest absolute Gasteiger partial charge is 0.550 e. The predicted octanol–water partition coefficient (Wildman–Crippen LogP) is 0.577. The molecule has 0 spiro atoms. The summed E-state index contributed by atoms with van der Waals surface area (Å²) in [5.74, 6) is -1.86. The average molecular weight is 262 g/mol. The number of carboxylic acids is 1. The Hall–Kier alpha value is -1.32. The van der Waals surface area contributed by atoms with Crippen molar-refractivity contribution >= 4 is 11.9 Å². The topological polar surface area (TPSA) is 60.4 Å². The molecule has 3 aliphatic rings. The second kappa shape index (κ2) is 4.99. The Balaban J connectivity index is 1.78. The van der Waals surface area contributed by atoms with Crippen LogP contribution in [0.2, 0.25) is 0 Å². The third-order valence-electron chi connectivity index (χ3n) is 4.93. The van der Waals surface area contributed by atoms with Gasteiger partial charge in [0.05, 0.1) is 5.92 Å². The van der Waals surface area contributed by atoms with E-state index in [2.05, 4.69) is 0 Å². The molecule has 1 amide bonds. The third kappa shape index (κ3) is 2.17. The van der Waals surface area contributed by atoms with Crippen molar-refractivity contribution in [3.05, 3.63) is 12.2 Å². The van der Waals surface area contributed by atoms with Crippen molar-refractivity contribution in [2.75, 3.05) is 13.1 Å². The Labute approximate surface area is 113 Å². The standard InChI is InChI=1S/C15H21NO3/c17-14(16-7-3-1-2-4-8-16)12-10-5-6-11(9-10)13(12)15(18)19/h5-6,10-13H,1-4,7-9H2,(H,18,19)/p-1/t10-,11+,12-,13+/m0/s1. The number of rotatable bonds is 2. The smallest absolute Gasteiger partial charge is 0.226 e. The molecule has 1 saturated carbocycles. The fourth-order valence-corrected chi connectivity index (χ4v) is 3.98. The molecule has 19 heavy (non-hydrogen) atoms. The molecule has 2 fully saturated rings. The van der Waals surface area contributed by atoms with Gasteiger partial charge in [-0.05, 0) is 31.1 Å². The first kappa shape index (κ1) is 12.7. The van der Waals surface area contributed by atoms with Crippen LogP contribution in [-0.4, -0.2) is 29.9 Å². The zero-order chi connectivity index (χ0) is 13.4. The van der Waals surface area contributed by atoms with Crippen LogP contribution < -0.4 is 5.11 Å². The van der Waals surface area contributed by atoms with Gasteiger partial charge in [-0.1, -0.05) is 25.0 Å². The molecule has 0 unspecified atom stereocenters. The molecule has 2 bridgehead atoms. The van der Waals surface area contributed by atoms with Crippen molar-refractivity contribution < 1.29 is 14.7 Å². The summed E-state index contributed by atoms with van der Waals surface area (Å²) >= 11 is 0. The van der Waals surface area contributed by atoms with E-state index in [0.29, 0.717) is 0 Å². The number of nitrogens with zero attached hydrogens (tertiary/aromatic N) is 1. The van der Waals surface area contributed by atoms with Gasteiger partial charge in [-0.15, -0.1) is 0 Å². The van der Waals surface area contributed by atoms with Gasteiger partial charge in [-0.3, -0.25) is 4.79 Å². The summed E-state index contributed by atoms with van der Waals surface area (Å²) in [6.45, 7) is 1.58. The highest BCUT2D eigenvalue weighted by Crippen LogP contribution is 2.48. The lowest BCUT2D eigenvalue weighted by molar-refractivity contribution is -0.313. The van der Waals surface area contributed by atoms with Crippen LogP contribution in [0.25, 0.3) is 0 Å². The summed E-state index contributed by atoms with van der Waals surface area (Å²) in [5, 5.41) is 11.3. The lowest BCUT2D eigenvalue weighted by atomic mass is 9.82. The minimum Gasteiger partial charge on any atom is -0.550 e. The molecule has 0 radical (unpaired) electrons. The van der Waals surface area contributed by atoms with E-state index >= 15 is 0 Å². The summed E-state index contributed by atoms with van der Waals surface area (Å²) in [4.78, 5) is 25.9. The lowest BCUT2D eigenvalue weighted by Gasteiger charge is -2.32. The van der Waals surface area contributed by atoms with Crippen molar-refractivity contribution in [2.24, 2.45) is 23.7 Å². The molecule has 0 aromatic heterocycles. The van der Waals surface area contributed by atoms with Gasteiger partial charge >= 0.3 is 0 Å². The van der Waals surface area contributed by atoms with Gasteiger partial charge in [0.15, 0.2) is 0 Å². The SMILES string of the molecule is O=C([O-])[C@H]1[C@@H](C(=O)N2CCCCCC2)[C@H]2C=C[C@@H]1C2. The van der Waals surface area contributed by atoms with E-state index in [1.807, 2.05) is 17.1 Å². The third-order valence-corrected chi connectivity index (χ3v) is 4.93. The summed E-state index contributed by atoms with van der Waals surface area (Å²) in [5.41, 5.74) is 0. The Morgan fingerprint density at radius 2 is 1.53 bits per heavy atom. The highest BCUT2D eigenvalue weighted by Gasteiger charge is 2.49. The van der Waals surface area contributed by atoms with Gasteiger partial charge in [-0.2, -0.15) is 0 Å². The summed E-state index contributed by atoms with van der Waals surface area (Å²) in [6, 6.07) is 0. The molecule has 2 aliphatic carbocycles. The number of hydrogen-bond donors (Lipinski definition) is 0. The zero-order valence-corrected chi connectivity index (χ0v) is 11.1. The maximum absolute atomic E-state index is 12.7. The number of carbonyl (C=O) groups is 2. The predicted molar refractivity (Wildman–Crippen MR) is 67.8 cm³/mol. The Morgan fingerprint density at radius 3 is 2.11 bits per heavy atom. The molecular formula is C15H20NO3-. The summed E-state index contributed by atoms with van der Waals surface area (Å²) < 4.78 is 0. The Bertz CT molecular complexity index is 410. The van der Waals surface area contributed by atoms with Gasteiger partial charge < -0.3 is 14.8 Å². The summed E-state index contributed by atoms with van der Waals surface area (Å²) in [6.07, 6.45) is 9.22. The average Bonchev–Trinajstić information content (AvgIpc) is 2.89. The van der Waals surface area contributed by atoms with Crippen LogP contribution >= 0.6 is 0 Å². The van der Waals surface area contributed by atoms with Crippen LogP contribution in [0.4, 0.5) is 0 Å². The van der Waals surface area contributed by atoms with Gasteiger partial charge in [0.2, 0.25) is 5.91 Å². The quantitative estimate of drug-likeness (QED) is 0.684. The molecule has 4 atom stereocenters. The first-order valence-corrected chi connectivity index (χ1v) is 7.36. The highest BCUT2D eigenvalue weighted by molar-refractivity contribution is 5.86. The van der Waals surface area contributed by atoms with E-state index in [4.69, 9.17) is 0 Å². The first-order valence-electron chi connectivity index (χ1n) is 7.36. The fraction of sp³-hybridized carbons (Fsp3) is 0.733. The number of aliphatic carboxylic acids is 1. The van der Waals surface area contributed by atoms with Gasteiger partial charge in [0.25, 0.3) is 0 Å². The van der Waals surface area contributed by atoms with Gasteiger partial charge in [0.1, 0.15) is 0 Å². The minimum absolute atomic E-state index is 0.0101. The minimum atomic E-state index is -1.05. The van der Waals surface area contributed by atoms with E-state index in [-0.39, 0.29) is 23.7 Å². The number of hydrogen-bond acceptors (Lipinski definition) is 3. The van der Waals surface area contributed by atoms with Crippen molar-refractivity contribution in [2.45, 2.75) is 32.1 Å². The summed E-state index contributed by atoms with van der Waals surface area (Å²) in [7, 11) is 0. The van der Waals surface area contributed by atoms with Crippen LogP contribution in [0.3, 0.4) is 0 Å². The van der Waals surface area contributed by atoms with Crippen molar-refractivity contribution in [1.82, 2.24) is 4.90 Å². The molecule has 1 saturated heterocycles. The normalized spacial score (nSPS) is 37.4. The number of allylic oxidation sites excluding steroid dienone is 2. The van der Waals surface area contributed by atoms with E-state index in [1.165, 1.54) is 12.8 Å². The highest BCUT2D eigenvalue weighted by atomic mass is 16.4. The molecule has 3 rings (SSSR count). The monoisotopic (exact) mass is 262 g/mol. The number of fused-ring (bicyclic) bond motifs is 2. The van der Waals surface area contributed by atoms with Gasteiger partial charge in [-0.25, -0.2) is 0 Å². The van der Waals surface area contributed by atoms with E-state index in [1.54, 1.807) is 0 Å². The molecule has 104 valence electrons. The van der Waals surface area contributed by atoms with Crippen LogP contribution in [0.5, 0.6) is 0 Å². The number of carboxylic acid groups (broad SMARTS) is 1. The van der Waals surface area contributed by atoms with Gasteiger partial charge in [0, 0.05) is 25.0 Å². The van der Waals surface area contributed by atoms with Crippen LogP contribution in [-0.2, 0) is 9.59 Å². The van der Waals surface area contributed by atoms with Crippen molar-refractivity contribution in [1.29, 1.82) is 0 Å². The Kier molecular flexibility index (Phi) is 3.33. The van der Waals surface area contributed by atoms with E-state index in [9.17, 15) is 14.7 Å². The van der Waals surface area contributed by atoms with Crippen molar-refractivity contribution in [3.8, 4) is 0 Å². The lowest BCUT2D eigenvalue weighted by Crippen LogP contribution is -2.46. The molecule has 1 aliphatic heterocycles. The van der Waals surface area contributed by atoms with Crippen molar-refractivity contribution in [3.63, 3.8) is 0 Å². The van der Waals surface area contributed by atoms with E-state index < -0.39 is 11.9 Å². The number of amides is 1. The molecule has 0 N–H and O–H groups in total. The maximum Gasteiger partial charge on any atom is 0.226 e. The first-order chi connectivity index (χ1) is 9.18. The second-order valence-electron chi connectivity index (χ2n) is 6.06. The fourth-order valence-electron chi connectivity index (χ4n) is 3.98. The number of carbonyl (C=O) groups excluding carboxylic acids is 2. The van der Waals surface area contributed by atoms with Crippen LogP contribution in [0, 0.1) is 23.7 Å². The molecule has 0 aromatic carbocycles.